The number of carbonyl (C=O) groups excluding carboxylic acids is 2. The van der Waals surface area contributed by atoms with Crippen LogP contribution < -0.4 is 10.2 Å². The Hall–Kier alpha value is -2.97. The lowest BCUT2D eigenvalue weighted by Crippen LogP contribution is -2.50. The molecule has 2 unspecified atom stereocenters. The number of anilines is 1. The maximum atomic E-state index is 13.2. The number of aliphatic hydroxyl groups excluding tert-OH is 1. The topological polar surface area (TPSA) is 76.1 Å². The van der Waals surface area contributed by atoms with E-state index in [4.69, 9.17) is 0 Å². The lowest BCUT2D eigenvalue weighted by Gasteiger charge is -2.37. The third-order valence-electron chi connectivity index (χ3n) is 6.05. The molecule has 2 aliphatic rings. The van der Waals surface area contributed by atoms with Crippen molar-refractivity contribution >= 4 is 17.6 Å². The number of imide groups is 1. The van der Waals surface area contributed by atoms with E-state index in [0.717, 1.165) is 31.1 Å². The van der Waals surface area contributed by atoms with Gasteiger partial charge in [-0.15, -0.1) is 0 Å². The first-order valence-corrected chi connectivity index (χ1v) is 10.5. The van der Waals surface area contributed by atoms with Crippen LogP contribution in [0.5, 0.6) is 0 Å². The number of nitrogens with one attached hydrogen (secondary N) is 1. The molecule has 0 aromatic heterocycles. The van der Waals surface area contributed by atoms with Gasteiger partial charge in [0.15, 0.2) is 0 Å². The highest BCUT2D eigenvalue weighted by Gasteiger charge is 2.49. The van der Waals surface area contributed by atoms with Crippen molar-refractivity contribution in [1.29, 1.82) is 0 Å². The number of hydrogen-bond donors (Lipinski definition) is 2. The quantitative estimate of drug-likeness (QED) is 0.689. The Balaban J connectivity index is 1.32. The number of rotatable bonds is 6. The number of amides is 3. The lowest BCUT2D eigenvalue weighted by atomic mass is 9.92. The smallest absolute Gasteiger partial charge is 0.325 e. The van der Waals surface area contributed by atoms with Crippen molar-refractivity contribution in [2.45, 2.75) is 18.6 Å². The molecule has 2 saturated heterocycles. The first-order valence-electron chi connectivity index (χ1n) is 10.5. The van der Waals surface area contributed by atoms with Crippen molar-refractivity contribution in [2.24, 2.45) is 0 Å². The van der Waals surface area contributed by atoms with Crippen LogP contribution >= 0.6 is 0 Å². The van der Waals surface area contributed by atoms with Gasteiger partial charge in [-0.2, -0.15) is 0 Å². The van der Waals surface area contributed by atoms with Crippen molar-refractivity contribution < 1.29 is 19.1 Å². The van der Waals surface area contributed by atoms with Gasteiger partial charge in [0.1, 0.15) is 11.4 Å². The molecular weight excluding hydrogens is 399 g/mol. The second-order valence-electron chi connectivity index (χ2n) is 8.25. The van der Waals surface area contributed by atoms with Crippen molar-refractivity contribution in [3.63, 3.8) is 0 Å². The number of halogens is 1. The van der Waals surface area contributed by atoms with E-state index < -0.39 is 29.4 Å². The maximum Gasteiger partial charge on any atom is 0.325 e. The summed E-state index contributed by atoms with van der Waals surface area (Å²) < 4.78 is 13.2. The standard InChI is InChI=1S/C23H27FN4O3/c1-23(17-7-9-18(24)10-8-17)21(30)28(22(31)25-23)16-20(29)15-26-11-13-27(14-12-26)19-5-3-2-4-6-19/h2-10,20,29H,11-16H2,1H3,(H,25,31). The average molecular weight is 426 g/mol. The molecule has 0 spiro atoms. The Bertz CT molecular complexity index is 932. The van der Waals surface area contributed by atoms with Gasteiger partial charge < -0.3 is 15.3 Å². The molecule has 2 atom stereocenters. The zero-order valence-electron chi connectivity index (χ0n) is 17.5. The summed E-state index contributed by atoms with van der Waals surface area (Å²) in [7, 11) is 0. The molecule has 31 heavy (non-hydrogen) atoms. The minimum Gasteiger partial charge on any atom is -0.390 e. The van der Waals surface area contributed by atoms with Crippen LogP contribution in [0.15, 0.2) is 54.6 Å². The van der Waals surface area contributed by atoms with E-state index in [1.165, 1.54) is 30.0 Å². The monoisotopic (exact) mass is 426 g/mol. The fraction of sp³-hybridized carbons (Fsp3) is 0.391. The lowest BCUT2D eigenvalue weighted by molar-refractivity contribution is -0.132. The van der Waals surface area contributed by atoms with E-state index >= 15 is 0 Å². The highest BCUT2D eigenvalue weighted by Crippen LogP contribution is 2.29. The van der Waals surface area contributed by atoms with Crippen molar-refractivity contribution in [3.8, 4) is 0 Å². The molecule has 3 amide bonds. The van der Waals surface area contributed by atoms with E-state index in [2.05, 4.69) is 27.2 Å². The summed E-state index contributed by atoms with van der Waals surface area (Å²) in [6, 6.07) is 15.1. The van der Waals surface area contributed by atoms with E-state index in [1.54, 1.807) is 6.92 Å². The molecule has 2 N–H and O–H groups in total. The van der Waals surface area contributed by atoms with Crippen LogP contribution in [0, 0.1) is 5.82 Å². The maximum absolute atomic E-state index is 13.2. The summed E-state index contributed by atoms with van der Waals surface area (Å²) in [5, 5.41) is 13.3. The van der Waals surface area contributed by atoms with Crippen molar-refractivity contribution in [3.05, 3.63) is 66.0 Å². The van der Waals surface area contributed by atoms with Crippen molar-refractivity contribution in [2.75, 3.05) is 44.2 Å². The predicted octanol–water partition coefficient (Wildman–Crippen LogP) is 1.78. The van der Waals surface area contributed by atoms with Crippen LogP contribution in [0.2, 0.25) is 0 Å². The molecule has 2 aromatic rings. The highest BCUT2D eigenvalue weighted by molar-refractivity contribution is 6.07. The normalized spacial score (nSPS) is 23.2. The Morgan fingerprint density at radius 1 is 1.00 bits per heavy atom. The summed E-state index contributed by atoms with van der Waals surface area (Å²) in [6.45, 7) is 5.17. The van der Waals surface area contributed by atoms with E-state index in [-0.39, 0.29) is 6.54 Å². The van der Waals surface area contributed by atoms with Crippen molar-refractivity contribution in [1.82, 2.24) is 15.1 Å². The summed E-state index contributed by atoms with van der Waals surface area (Å²) in [6.07, 6.45) is -0.853. The molecule has 2 aliphatic heterocycles. The second-order valence-corrected chi connectivity index (χ2v) is 8.25. The molecular formula is C23H27FN4O3. The van der Waals surface area contributed by atoms with Crippen LogP contribution in [-0.4, -0.2) is 72.2 Å². The fourth-order valence-electron chi connectivity index (χ4n) is 4.24. The largest absolute Gasteiger partial charge is 0.390 e. The number of hydrogen-bond acceptors (Lipinski definition) is 5. The van der Waals surface area contributed by atoms with Crippen LogP contribution in [-0.2, 0) is 10.3 Å². The van der Waals surface area contributed by atoms with E-state index in [9.17, 15) is 19.1 Å². The Morgan fingerprint density at radius 3 is 2.29 bits per heavy atom. The summed E-state index contributed by atoms with van der Waals surface area (Å²) >= 11 is 0. The third-order valence-corrected chi connectivity index (χ3v) is 6.05. The number of nitrogens with zero attached hydrogens (tertiary/aromatic N) is 3. The third kappa shape index (κ3) is 4.40. The van der Waals surface area contributed by atoms with Crippen LogP contribution in [0.1, 0.15) is 12.5 Å². The molecule has 164 valence electrons. The van der Waals surface area contributed by atoms with E-state index in [1.807, 2.05) is 18.2 Å². The van der Waals surface area contributed by atoms with Crippen LogP contribution in [0.25, 0.3) is 0 Å². The SMILES string of the molecule is CC1(c2ccc(F)cc2)NC(=O)N(CC(O)CN2CCN(c3ccccc3)CC2)C1=O. The van der Waals surface area contributed by atoms with Gasteiger partial charge in [-0.25, -0.2) is 9.18 Å². The van der Waals surface area contributed by atoms with Gasteiger partial charge in [0, 0.05) is 38.4 Å². The number of para-hydroxylation sites is 1. The summed E-state index contributed by atoms with van der Waals surface area (Å²) in [4.78, 5) is 30.9. The minimum absolute atomic E-state index is 0.0830. The van der Waals surface area contributed by atoms with Gasteiger partial charge in [-0.05, 0) is 36.8 Å². The number of urea groups is 1. The molecule has 2 heterocycles. The summed E-state index contributed by atoms with van der Waals surface area (Å²) in [5.74, 6) is -0.860. The Morgan fingerprint density at radius 2 is 1.65 bits per heavy atom. The first-order chi connectivity index (χ1) is 14.9. The Kier molecular flexibility index (Phi) is 5.93. The highest BCUT2D eigenvalue weighted by atomic mass is 19.1. The van der Waals surface area contributed by atoms with Gasteiger partial charge in [0.2, 0.25) is 0 Å². The molecule has 2 fully saturated rings. The zero-order chi connectivity index (χ0) is 22.0. The zero-order valence-corrected chi connectivity index (χ0v) is 17.5. The van der Waals surface area contributed by atoms with Gasteiger partial charge in [0.25, 0.3) is 5.91 Å². The van der Waals surface area contributed by atoms with Crippen LogP contribution in [0.3, 0.4) is 0 Å². The molecule has 0 saturated carbocycles. The number of β-amino-alcohol motifs (C(OH)–C–C–N with tert-alkyl or cyclic N) is 1. The Labute approximate surface area is 181 Å². The molecule has 4 rings (SSSR count). The number of carbonyl (C=O) groups is 2. The molecule has 0 aliphatic carbocycles. The van der Waals surface area contributed by atoms with Gasteiger partial charge in [0.05, 0.1) is 12.6 Å². The second kappa shape index (κ2) is 8.64. The average Bonchev–Trinajstić information content (AvgIpc) is 2.99. The summed E-state index contributed by atoms with van der Waals surface area (Å²) in [5.41, 5.74) is 0.412. The van der Waals surface area contributed by atoms with Gasteiger partial charge in [-0.3, -0.25) is 14.6 Å². The molecule has 7 nitrogen and oxygen atoms in total. The molecule has 2 aromatic carbocycles. The number of aliphatic hydroxyl groups is 1. The van der Waals surface area contributed by atoms with Crippen LogP contribution in [0.4, 0.5) is 14.9 Å². The molecule has 8 heteroatoms. The van der Waals surface area contributed by atoms with Gasteiger partial charge in [-0.1, -0.05) is 30.3 Å². The number of piperazine rings is 1. The molecule has 0 bridgehead atoms. The van der Waals surface area contributed by atoms with Gasteiger partial charge >= 0.3 is 6.03 Å². The molecule has 0 radical (unpaired) electrons. The minimum atomic E-state index is -1.27. The fourth-order valence-corrected chi connectivity index (χ4v) is 4.24. The number of benzene rings is 2. The first kappa shape index (κ1) is 21.3. The van der Waals surface area contributed by atoms with E-state index in [0.29, 0.717) is 12.1 Å². The predicted molar refractivity (Wildman–Crippen MR) is 115 cm³/mol.